The number of carbonyl (C=O) groups is 1. The lowest BCUT2D eigenvalue weighted by Crippen LogP contribution is -2.16. The van der Waals surface area contributed by atoms with E-state index < -0.39 is 0 Å². The zero-order chi connectivity index (χ0) is 17.9. The van der Waals surface area contributed by atoms with E-state index in [1.165, 1.54) is 11.8 Å². The van der Waals surface area contributed by atoms with E-state index >= 15 is 0 Å². The number of ether oxygens (including phenoxy) is 2. The summed E-state index contributed by atoms with van der Waals surface area (Å²) >= 11 is 1.37. The number of hydrogen-bond donors (Lipinski definition) is 0. The van der Waals surface area contributed by atoms with Gasteiger partial charge in [0.25, 0.3) is 0 Å². The summed E-state index contributed by atoms with van der Waals surface area (Å²) in [5.74, 6) is 1.57. The van der Waals surface area contributed by atoms with Gasteiger partial charge in [0.2, 0.25) is 0 Å². The normalized spacial score (nSPS) is 12.8. The van der Waals surface area contributed by atoms with Crippen LogP contribution in [0.4, 0.5) is 0 Å². The Balaban J connectivity index is 1.49. The largest absolute Gasteiger partial charge is 0.486 e. The molecule has 0 bridgehead atoms. The summed E-state index contributed by atoms with van der Waals surface area (Å²) in [7, 11) is 0. The van der Waals surface area contributed by atoms with Crippen LogP contribution in [0.2, 0.25) is 0 Å². The van der Waals surface area contributed by atoms with E-state index in [-0.39, 0.29) is 11.5 Å². The maximum Gasteiger partial charge on any atom is 0.196 e. The highest BCUT2D eigenvalue weighted by Gasteiger charge is 2.16. The average molecular weight is 367 g/mol. The van der Waals surface area contributed by atoms with Gasteiger partial charge in [-0.3, -0.25) is 9.36 Å². The fourth-order valence-corrected chi connectivity index (χ4v) is 3.57. The molecule has 1 aliphatic rings. The monoisotopic (exact) mass is 367 g/mol. The van der Waals surface area contributed by atoms with Crippen molar-refractivity contribution in [2.75, 3.05) is 19.0 Å². The molecule has 0 fully saturated rings. The minimum atomic E-state index is 0.00584. The number of para-hydroxylation sites is 1. The molecule has 0 unspecified atom stereocenters. The average Bonchev–Trinajstić information content (AvgIpc) is 3.14. The molecule has 26 heavy (non-hydrogen) atoms. The van der Waals surface area contributed by atoms with Crippen LogP contribution >= 0.6 is 11.8 Å². The van der Waals surface area contributed by atoms with E-state index in [0.717, 1.165) is 11.3 Å². The molecule has 0 N–H and O–H groups in total. The van der Waals surface area contributed by atoms with Crippen molar-refractivity contribution in [2.45, 2.75) is 12.1 Å². The van der Waals surface area contributed by atoms with Crippen LogP contribution in [0, 0.1) is 6.92 Å². The van der Waals surface area contributed by atoms with E-state index in [1.807, 2.05) is 35.8 Å². The molecule has 3 aromatic rings. The Morgan fingerprint density at radius 3 is 2.81 bits per heavy atom. The summed E-state index contributed by atoms with van der Waals surface area (Å²) in [5.41, 5.74) is 2.72. The number of fused-ring (bicyclic) bond motifs is 1. The molecule has 0 saturated carbocycles. The fraction of sp³-hybridized carbons (Fsp3) is 0.211. The van der Waals surface area contributed by atoms with Crippen LogP contribution in [0.5, 0.6) is 11.5 Å². The number of rotatable bonds is 5. The van der Waals surface area contributed by atoms with Crippen LogP contribution in [-0.4, -0.2) is 39.5 Å². The third-order valence-corrected chi connectivity index (χ3v) is 5.03. The summed E-state index contributed by atoms with van der Waals surface area (Å²) in [4.78, 5) is 12.6. The Morgan fingerprint density at radius 1 is 1.15 bits per heavy atom. The smallest absolute Gasteiger partial charge is 0.196 e. The molecule has 132 valence electrons. The molecule has 6 nitrogen and oxygen atoms in total. The maximum absolute atomic E-state index is 12.6. The highest BCUT2D eigenvalue weighted by molar-refractivity contribution is 7.99. The van der Waals surface area contributed by atoms with E-state index in [1.54, 1.807) is 24.5 Å². The number of aromatic nitrogens is 3. The molecule has 0 atom stereocenters. The molecule has 4 rings (SSSR count). The van der Waals surface area contributed by atoms with Gasteiger partial charge in [-0.25, -0.2) is 0 Å². The van der Waals surface area contributed by atoms with Crippen molar-refractivity contribution in [2.24, 2.45) is 0 Å². The number of ketones is 1. The molecule has 0 aliphatic carbocycles. The van der Waals surface area contributed by atoms with Gasteiger partial charge in [0.05, 0.1) is 11.4 Å². The van der Waals surface area contributed by atoms with Crippen molar-refractivity contribution in [1.82, 2.24) is 14.8 Å². The zero-order valence-corrected chi connectivity index (χ0v) is 15.0. The van der Waals surface area contributed by atoms with Gasteiger partial charge in [-0.2, -0.15) is 0 Å². The van der Waals surface area contributed by atoms with Gasteiger partial charge in [-0.15, -0.1) is 10.2 Å². The molecule has 0 spiro atoms. The van der Waals surface area contributed by atoms with Crippen molar-refractivity contribution >= 4 is 17.5 Å². The zero-order valence-electron chi connectivity index (χ0n) is 14.2. The van der Waals surface area contributed by atoms with Gasteiger partial charge < -0.3 is 9.47 Å². The van der Waals surface area contributed by atoms with Crippen LogP contribution < -0.4 is 9.47 Å². The Morgan fingerprint density at radius 2 is 1.96 bits per heavy atom. The minimum absolute atomic E-state index is 0.00584. The Bertz CT molecular complexity index is 955. The quantitative estimate of drug-likeness (QED) is 0.509. The van der Waals surface area contributed by atoms with Gasteiger partial charge in [0.1, 0.15) is 19.5 Å². The van der Waals surface area contributed by atoms with Crippen LogP contribution in [0.3, 0.4) is 0 Å². The highest BCUT2D eigenvalue weighted by Crippen LogP contribution is 2.31. The lowest BCUT2D eigenvalue weighted by molar-refractivity contribution is 0.102. The molecule has 1 aliphatic heterocycles. The first-order chi connectivity index (χ1) is 12.7. The number of carbonyl (C=O) groups excluding carboxylic acids is 1. The van der Waals surface area contributed by atoms with Crippen LogP contribution in [-0.2, 0) is 0 Å². The van der Waals surface area contributed by atoms with Crippen LogP contribution in [0.1, 0.15) is 15.9 Å². The second kappa shape index (κ2) is 7.21. The van der Waals surface area contributed by atoms with Crippen molar-refractivity contribution in [3.05, 3.63) is 59.9 Å². The number of benzene rings is 2. The van der Waals surface area contributed by atoms with E-state index in [9.17, 15) is 4.79 Å². The number of Topliss-reactive ketones (excluding diaryl/α,β-unsaturated/α-hetero) is 1. The number of hydrogen-bond acceptors (Lipinski definition) is 6. The first kappa shape index (κ1) is 16.7. The van der Waals surface area contributed by atoms with E-state index in [0.29, 0.717) is 35.4 Å². The molecular formula is C19H17N3O3S. The lowest BCUT2D eigenvalue weighted by Gasteiger charge is -2.18. The van der Waals surface area contributed by atoms with Gasteiger partial charge in [0.15, 0.2) is 22.4 Å². The molecule has 0 amide bonds. The SMILES string of the molecule is Cc1ccccc1-n1cnnc1SCC(=O)c1ccc2c(c1)OCCO2. The standard InChI is InChI=1S/C19H17N3O3S/c1-13-4-2-3-5-15(13)22-12-20-21-19(22)26-11-16(23)14-6-7-17-18(10-14)25-9-8-24-17/h2-7,10,12H,8-9,11H2,1H3. The summed E-state index contributed by atoms with van der Waals surface area (Å²) in [6.07, 6.45) is 1.67. The molecule has 7 heteroatoms. The molecular weight excluding hydrogens is 350 g/mol. The van der Waals surface area contributed by atoms with Gasteiger partial charge in [-0.05, 0) is 36.8 Å². The van der Waals surface area contributed by atoms with Gasteiger partial charge >= 0.3 is 0 Å². The maximum atomic E-state index is 12.6. The van der Waals surface area contributed by atoms with Crippen LogP contribution in [0.15, 0.2) is 53.9 Å². The Hall–Kier alpha value is -2.80. The number of aryl methyl sites for hydroxylation is 1. The predicted molar refractivity (Wildman–Crippen MR) is 98.6 cm³/mol. The highest BCUT2D eigenvalue weighted by atomic mass is 32.2. The predicted octanol–water partition coefficient (Wildman–Crippen LogP) is 3.32. The summed E-state index contributed by atoms with van der Waals surface area (Å²) in [6, 6.07) is 13.3. The van der Waals surface area contributed by atoms with Crippen molar-refractivity contribution < 1.29 is 14.3 Å². The second-order valence-electron chi connectivity index (χ2n) is 5.84. The summed E-state index contributed by atoms with van der Waals surface area (Å²) in [6.45, 7) is 3.06. The van der Waals surface area contributed by atoms with E-state index in [4.69, 9.17) is 9.47 Å². The minimum Gasteiger partial charge on any atom is -0.486 e. The Labute approximate surface area is 155 Å². The fourth-order valence-electron chi connectivity index (χ4n) is 2.75. The van der Waals surface area contributed by atoms with Crippen molar-refractivity contribution in [3.63, 3.8) is 0 Å². The molecule has 1 aromatic heterocycles. The van der Waals surface area contributed by atoms with Crippen molar-refractivity contribution in [1.29, 1.82) is 0 Å². The Kier molecular flexibility index (Phi) is 4.62. The number of nitrogens with zero attached hydrogens (tertiary/aromatic N) is 3. The van der Waals surface area contributed by atoms with Gasteiger partial charge in [-0.1, -0.05) is 30.0 Å². The van der Waals surface area contributed by atoms with Gasteiger partial charge in [0, 0.05) is 5.56 Å². The lowest BCUT2D eigenvalue weighted by atomic mass is 10.1. The van der Waals surface area contributed by atoms with E-state index in [2.05, 4.69) is 10.2 Å². The van der Waals surface area contributed by atoms with Crippen molar-refractivity contribution in [3.8, 4) is 17.2 Å². The second-order valence-corrected chi connectivity index (χ2v) is 6.78. The van der Waals surface area contributed by atoms with Crippen LogP contribution in [0.25, 0.3) is 5.69 Å². The number of thioether (sulfide) groups is 1. The summed E-state index contributed by atoms with van der Waals surface area (Å²) in [5, 5.41) is 8.83. The molecule has 2 aromatic carbocycles. The first-order valence-corrected chi connectivity index (χ1v) is 9.22. The topological polar surface area (TPSA) is 66.2 Å². The summed E-state index contributed by atoms with van der Waals surface area (Å²) < 4.78 is 12.9. The molecule has 0 radical (unpaired) electrons. The molecule has 0 saturated heterocycles. The first-order valence-electron chi connectivity index (χ1n) is 8.24. The third kappa shape index (κ3) is 3.30. The molecule has 2 heterocycles. The third-order valence-electron chi connectivity index (χ3n) is 4.09.